The molecule has 6 heteroatoms. The number of hydrogen-bond donors (Lipinski definition) is 3. The Morgan fingerprint density at radius 1 is 1.44 bits per heavy atom. The Kier molecular flexibility index (Phi) is 3.28. The molecule has 0 bridgehead atoms. The van der Waals surface area contributed by atoms with Crippen LogP contribution in [0.5, 0.6) is 0 Å². The normalized spacial score (nSPS) is 32.0. The van der Waals surface area contributed by atoms with E-state index in [1.54, 1.807) is 0 Å². The van der Waals surface area contributed by atoms with E-state index in [-0.39, 0.29) is 30.6 Å². The highest BCUT2D eigenvalue weighted by Crippen LogP contribution is 2.22. The molecule has 2 amide bonds. The molecule has 3 atom stereocenters. The second-order valence-corrected chi connectivity index (χ2v) is 4.26. The van der Waals surface area contributed by atoms with Crippen LogP contribution >= 0.6 is 0 Å². The van der Waals surface area contributed by atoms with Crippen molar-refractivity contribution in [3.05, 3.63) is 0 Å². The third kappa shape index (κ3) is 2.44. The first kappa shape index (κ1) is 11.2. The summed E-state index contributed by atoms with van der Waals surface area (Å²) >= 11 is 0. The van der Waals surface area contributed by atoms with Gasteiger partial charge < -0.3 is 20.5 Å². The van der Waals surface area contributed by atoms with E-state index in [1.165, 1.54) is 0 Å². The summed E-state index contributed by atoms with van der Waals surface area (Å²) in [5, 5.41) is 14.1. The van der Waals surface area contributed by atoms with Crippen molar-refractivity contribution in [3.63, 3.8) is 0 Å². The van der Waals surface area contributed by atoms with Crippen molar-refractivity contribution in [1.82, 2.24) is 10.6 Å². The van der Waals surface area contributed by atoms with E-state index >= 15 is 0 Å². The highest BCUT2D eigenvalue weighted by Gasteiger charge is 2.42. The van der Waals surface area contributed by atoms with Gasteiger partial charge in [-0.2, -0.15) is 0 Å². The third-order valence-corrected chi connectivity index (χ3v) is 3.07. The van der Waals surface area contributed by atoms with Crippen LogP contribution in [-0.2, 0) is 9.53 Å². The number of nitrogens with one attached hydrogen (secondary N) is 2. The summed E-state index contributed by atoms with van der Waals surface area (Å²) in [6.45, 7) is 0.549. The van der Waals surface area contributed by atoms with Crippen molar-refractivity contribution in [3.8, 4) is 0 Å². The SMILES string of the molecule is O=C(O)CCCC[C@@H]1OC[C@@H]2NC(=O)N[C@@H]21. The van der Waals surface area contributed by atoms with Crippen molar-refractivity contribution >= 4 is 12.0 Å². The molecule has 0 saturated carbocycles. The molecule has 0 radical (unpaired) electrons. The second-order valence-electron chi connectivity index (χ2n) is 4.26. The summed E-state index contributed by atoms with van der Waals surface area (Å²) in [6.07, 6.45) is 2.50. The Hall–Kier alpha value is -1.30. The Morgan fingerprint density at radius 2 is 2.25 bits per heavy atom. The monoisotopic (exact) mass is 228 g/mol. The molecule has 2 aliphatic heterocycles. The number of amides is 2. The number of carbonyl (C=O) groups is 2. The number of carboxylic acid groups (broad SMARTS) is 1. The zero-order chi connectivity index (χ0) is 11.5. The molecule has 0 aromatic rings. The second kappa shape index (κ2) is 4.69. The van der Waals surface area contributed by atoms with E-state index in [1.807, 2.05) is 0 Å². The molecular weight excluding hydrogens is 212 g/mol. The van der Waals surface area contributed by atoms with Crippen LogP contribution in [0.3, 0.4) is 0 Å². The average Bonchev–Trinajstić information content (AvgIpc) is 2.72. The van der Waals surface area contributed by atoms with E-state index in [4.69, 9.17) is 9.84 Å². The van der Waals surface area contributed by atoms with Crippen molar-refractivity contribution in [2.24, 2.45) is 0 Å². The van der Waals surface area contributed by atoms with Gasteiger partial charge in [-0.05, 0) is 12.8 Å². The van der Waals surface area contributed by atoms with Gasteiger partial charge in [-0.1, -0.05) is 6.42 Å². The molecule has 0 spiro atoms. The summed E-state index contributed by atoms with van der Waals surface area (Å²) < 4.78 is 5.55. The predicted octanol–water partition coefficient (Wildman–Crippen LogP) is 0.0802. The third-order valence-electron chi connectivity index (χ3n) is 3.07. The quantitative estimate of drug-likeness (QED) is 0.581. The van der Waals surface area contributed by atoms with Crippen LogP contribution in [0.1, 0.15) is 25.7 Å². The number of rotatable bonds is 5. The standard InChI is InChI=1S/C10H16N2O4/c13-8(14)4-2-1-3-7-9-6(5-16-7)11-10(15)12-9/h6-7,9H,1-5H2,(H,13,14)(H2,11,12,15)/t6-,7-,9-/m0/s1. The van der Waals surface area contributed by atoms with Gasteiger partial charge in [0.2, 0.25) is 0 Å². The number of unbranched alkanes of at least 4 members (excludes halogenated alkanes) is 1. The Morgan fingerprint density at radius 3 is 3.00 bits per heavy atom. The lowest BCUT2D eigenvalue weighted by Crippen LogP contribution is -2.37. The molecule has 0 unspecified atom stereocenters. The van der Waals surface area contributed by atoms with Gasteiger partial charge in [0.25, 0.3) is 0 Å². The van der Waals surface area contributed by atoms with Crippen LogP contribution in [0.15, 0.2) is 0 Å². The minimum atomic E-state index is -0.763. The van der Waals surface area contributed by atoms with Crippen molar-refractivity contribution in [2.75, 3.05) is 6.61 Å². The van der Waals surface area contributed by atoms with Gasteiger partial charge in [0.05, 0.1) is 24.8 Å². The lowest BCUT2D eigenvalue weighted by atomic mass is 10.0. The Bertz CT molecular complexity index is 295. The van der Waals surface area contributed by atoms with Crippen LogP contribution in [0.25, 0.3) is 0 Å². The summed E-state index contributed by atoms with van der Waals surface area (Å²) in [7, 11) is 0. The molecule has 0 aromatic carbocycles. The van der Waals surface area contributed by atoms with Crippen LogP contribution < -0.4 is 10.6 Å². The van der Waals surface area contributed by atoms with E-state index in [0.29, 0.717) is 13.0 Å². The summed E-state index contributed by atoms with van der Waals surface area (Å²) in [6, 6.07) is 0.00291. The first-order chi connectivity index (χ1) is 7.66. The lowest BCUT2D eigenvalue weighted by Gasteiger charge is -2.15. The van der Waals surface area contributed by atoms with E-state index in [9.17, 15) is 9.59 Å². The fraction of sp³-hybridized carbons (Fsp3) is 0.800. The maximum atomic E-state index is 11.1. The number of hydrogen-bond acceptors (Lipinski definition) is 3. The molecule has 2 heterocycles. The summed E-state index contributed by atoms with van der Waals surface area (Å²) in [5.41, 5.74) is 0. The van der Waals surface area contributed by atoms with Crippen molar-refractivity contribution < 1.29 is 19.4 Å². The summed E-state index contributed by atoms with van der Waals surface area (Å²) in [5.74, 6) is -0.763. The molecule has 2 fully saturated rings. The minimum Gasteiger partial charge on any atom is -0.481 e. The molecule has 6 nitrogen and oxygen atoms in total. The van der Waals surface area contributed by atoms with E-state index in [0.717, 1.165) is 12.8 Å². The van der Waals surface area contributed by atoms with Crippen LogP contribution in [0.2, 0.25) is 0 Å². The van der Waals surface area contributed by atoms with E-state index < -0.39 is 5.97 Å². The number of carbonyl (C=O) groups excluding carboxylic acids is 1. The average molecular weight is 228 g/mol. The molecule has 3 N–H and O–H groups in total. The van der Waals surface area contributed by atoms with Gasteiger partial charge in [0.1, 0.15) is 0 Å². The summed E-state index contributed by atoms with van der Waals surface area (Å²) in [4.78, 5) is 21.4. The maximum Gasteiger partial charge on any atom is 0.315 e. The number of ether oxygens (including phenoxy) is 1. The first-order valence-electron chi connectivity index (χ1n) is 5.57. The molecule has 0 aromatic heterocycles. The molecule has 2 saturated heterocycles. The molecule has 2 aliphatic rings. The van der Waals surface area contributed by atoms with Gasteiger partial charge in [-0.3, -0.25) is 4.79 Å². The topological polar surface area (TPSA) is 87.7 Å². The number of carboxylic acids is 1. The first-order valence-corrected chi connectivity index (χ1v) is 5.57. The smallest absolute Gasteiger partial charge is 0.315 e. The van der Waals surface area contributed by atoms with Crippen LogP contribution in [0.4, 0.5) is 4.79 Å². The zero-order valence-corrected chi connectivity index (χ0v) is 8.94. The van der Waals surface area contributed by atoms with Crippen molar-refractivity contribution in [1.29, 1.82) is 0 Å². The zero-order valence-electron chi connectivity index (χ0n) is 8.94. The van der Waals surface area contributed by atoms with Gasteiger partial charge in [0, 0.05) is 6.42 Å². The number of fused-ring (bicyclic) bond motifs is 1. The largest absolute Gasteiger partial charge is 0.481 e. The fourth-order valence-corrected chi connectivity index (χ4v) is 2.26. The Balaban J connectivity index is 1.70. The molecular formula is C10H16N2O4. The van der Waals surface area contributed by atoms with Gasteiger partial charge in [-0.15, -0.1) is 0 Å². The lowest BCUT2D eigenvalue weighted by molar-refractivity contribution is -0.137. The van der Waals surface area contributed by atoms with Gasteiger partial charge in [0.15, 0.2) is 0 Å². The van der Waals surface area contributed by atoms with Crippen molar-refractivity contribution in [2.45, 2.75) is 43.9 Å². The Labute approximate surface area is 93.3 Å². The van der Waals surface area contributed by atoms with Crippen LogP contribution in [-0.4, -0.2) is 41.9 Å². The number of aliphatic carboxylic acids is 1. The molecule has 90 valence electrons. The highest BCUT2D eigenvalue weighted by molar-refractivity contribution is 5.77. The molecule has 2 rings (SSSR count). The van der Waals surface area contributed by atoms with Crippen LogP contribution in [0, 0.1) is 0 Å². The van der Waals surface area contributed by atoms with E-state index in [2.05, 4.69) is 10.6 Å². The fourth-order valence-electron chi connectivity index (χ4n) is 2.26. The molecule has 0 aliphatic carbocycles. The number of urea groups is 1. The van der Waals surface area contributed by atoms with Gasteiger partial charge >= 0.3 is 12.0 Å². The maximum absolute atomic E-state index is 11.1. The predicted molar refractivity (Wildman–Crippen MR) is 55.1 cm³/mol. The molecule has 16 heavy (non-hydrogen) atoms. The highest BCUT2D eigenvalue weighted by atomic mass is 16.5. The van der Waals surface area contributed by atoms with Gasteiger partial charge in [-0.25, -0.2) is 4.79 Å². The minimum absolute atomic E-state index is 0.0257.